The van der Waals surface area contributed by atoms with E-state index in [9.17, 15) is 4.79 Å². The fourth-order valence-electron chi connectivity index (χ4n) is 1.63. The number of nitrogens with one attached hydrogen (secondary N) is 2. The van der Waals surface area contributed by atoms with Crippen LogP contribution in [0.5, 0.6) is 0 Å². The predicted octanol–water partition coefficient (Wildman–Crippen LogP) is -0.155. The second-order valence-electron chi connectivity index (χ2n) is 3.63. The average Bonchev–Trinajstić information content (AvgIpc) is 2.66. The van der Waals surface area contributed by atoms with Gasteiger partial charge in [-0.15, -0.1) is 0 Å². The molecule has 1 saturated heterocycles. The van der Waals surface area contributed by atoms with Gasteiger partial charge in [0, 0.05) is 31.7 Å². The quantitative estimate of drug-likeness (QED) is 0.718. The van der Waals surface area contributed by atoms with E-state index in [0.717, 1.165) is 25.2 Å². The Balaban J connectivity index is 1.69. The Morgan fingerprint density at radius 1 is 1.60 bits per heavy atom. The topological polar surface area (TPSA) is 66.9 Å². The normalized spacial score (nSPS) is 20.3. The van der Waals surface area contributed by atoms with E-state index in [1.807, 2.05) is 6.07 Å². The standard InChI is InChI=1S/C10H14N4O/c15-10-2-1-9(14-10)6-12-5-8-3-4-11-7-13-8/h3-4,7,9,12H,1-2,5-6H2,(H,14,15). The minimum absolute atomic E-state index is 0.156. The molecule has 1 fully saturated rings. The van der Waals surface area contributed by atoms with Gasteiger partial charge < -0.3 is 10.6 Å². The molecule has 1 atom stereocenters. The van der Waals surface area contributed by atoms with Gasteiger partial charge in [-0.25, -0.2) is 9.97 Å². The maximum Gasteiger partial charge on any atom is 0.220 e. The largest absolute Gasteiger partial charge is 0.352 e. The molecule has 1 aromatic rings. The molecule has 0 spiro atoms. The van der Waals surface area contributed by atoms with Gasteiger partial charge in [0.1, 0.15) is 6.33 Å². The molecular weight excluding hydrogens is 192 g/mol. The van der Waals surface area contributed by atoms with Crippen LogP contribution in [-0.4, -0.2) is 28.5 Å². The molecule has 15 heavy (non-hydrogen) atoms. The summed E-state index contributed by atoms with van der Waals surface area (Å²) >= 11 is 0. The molecule has 1 aliphatic heterocycles. The molecule has 0 aliphatic carbocycles. The van der Waals surface area contributed by atoms with Crippen LogP contribution in [0.25, 0.3) is 0 Å². The van der Waals surface area contributed by atoms with Gasteiger partial charge in [-0.2, -0.15) is 0 Å². The molecule has 1 unspecified atom stereocenters. The Morgan fingerprint density at radius 2 is 2.53 bits per heavy atom. The van der Waals surface area contributed by atoms with Crippen LogP contribution in [0.3, 0.4) is 0 Å². The van der Waals surface area contributed by atoms with E-state index in [2.05, 4.69) is 20.6 Å². The van der Waals surface area contributed by atoms with Crippen LogP contribution in [0.2, 0.25) is 0 Å². The molecule has 2 heterocycles. The lowest BCUT2D eigenvalue weighted by atomic mass is 10.2. The summed E-state index contributed by atoms with van der Waals surface area (Å²) in [5.74, 6) is 0.156. The van der Waals surface area contributed by atoms with E-state index in [1.165, 1.54) is 6.33 Å². The zero-order valence-electron chi connectivity index (χ0n) is 8.44. The predicted molar refractivity (Wildman–Crippen MR) is 54.9 cm³/mol. The summed E-state index contributed by atoms with van der Waals surface area (Å²) in [5.41, 5.74) is 0.967. The summed E-state index contributed by atoms with van der Waals surface area (Å²) in [5, 5.41) is 6.17. The molecule has 1 aromatic heterocycles. The van der Waals surface area contributed by atoms with E-state index >= 15 is 0 Å². The second kappa shape index (κ2) is 4.84. The van der Waals surface area contributed by atoms with Crippen molar-refractivity contribution < 1.29 is 4.79 Å². The van der Waals surface area contributed by atoms with Crippen LogP contribution in [0.15, 0.2) is 18.6 Å². The lowest BCUT2D eigenvalue weighted by molar-refractivity contribution is -0.119. The van der Waals surface area contributed by atoms with Gasteiger partial charge in [0.2, 0.25) is 5.91 Å². The van der Waals surface area contributed by atoms with Crippen molar-refractivity contribution in [2.75, 3.05) is 6.54 Å². The molecule has 2 rings (SSSR count). The lowest BCUT2D eigenvalue weighted by Gasteiger charge is -2.10. The first kappa shape index (κ1) is 10.0. The van der Waals surface area contributed by atoms with E-state index < -0.39 is 0 Å². The van der Waals surface area contributed by atoms with E-state index in [0.29, 0.717) is 6.42 Å². The van der Waals surface area contributed by atoms with Crippen molar-refractivity contribution in [2.24, 2.45) is 0 Å². The number of hydrogen-bond acceptors (Lipinski definition) is 4. The number of hydrogen-bond donors (Lipinski definition) is 2. The van der Waals surface area contributed by atoms with Crippen molar-refractivity contribution in [1.82, 2.24) is 20.6 Å². The van der Waals surface area contributed by atoms with Crippen molar-refractivity contribution in [3.05, 3.63) is 24.3 Å². The average molecular weight is 206 g/mol. The maximum absolute atomic E-state index is 10.9. The molecule has 80 valence electrons. The first-order valence-corrected chi connectivity index (χ1v) is 5.09. The van der Waals surface area contributed by atoms with Crippen molar-refractivity contribution >= 4 is 5.91 Å². The number of amides is 1. The van der Waals surface area contributed by atoms with Gasteiger partial charge in [-0.3, -0.25) is 4.79 Å². The highest BCUT2D eigenvalue weighted by Crippen LogP contribution is 2.05. The SMILES string of the molecule is O=C1CCC(CNCc2ccncn2)N1. The number of carbonyl (C=O) groups is 1. The zero-order chi connectivity index (χ0) is 10.5. The first-order valence-electron chi connectivity index (χ1n) is 5.09. The third kappa shape index (κ3) is 2.99. The van der Waals surface area contributed by atoms with Crippen LogP contribution < -0.4 is 10.6 Å². The molecule has 0 aromatic carbocycles. The summed E-state index contributed by atoms with van der Waals surface area (Å²) in [4.78, 5) is 18.9. The van der Waals surface area contributed by atoms with Crippen LogP contribution in [-0.2, 0) is 11.3 Å². The molecule has 0 radical (unpaired) electrons. The molecule has 5 heteroatoms. The van der Waals surface area contributed by atoms with E-state index in [-0.39, 0.29) is 11.9 Å². The summed E-state index contributed by atoms with van der Waals surface area (Å²) in [6.45, 7) is 1.52. The van der Waals surface area contributed by atoms with Gasteiger partial charge in [-0.1, -0.05) is 0 Å². The third-order valence-corrected chi connectivity index (χ3v) is 2.43. The van der Waals surface area contributed by atoms with Crippen molar-refractivity contribution in [3.8, 4) is 0 Å². The zero-order valence-corrected chi connectivity index (χ0v) is 8.44. The van der Waals surface area contributed by atoms with Crippen LogP contribution >= 0.6 is 0 Å². The molecule has 5 nitrogen and oxygen atoms in total. The minimum Gasteiger partial charge on any atom is -0.352 e. The van der Waals surface area contributed by atoms with Gasteiger partial charge in [0.25, 0.3) is 0 Å². The van der Waals surface area contributed by atoms with Gasteiger partial charge in [0.05, 0.1) is 5.69 Å². The Labute approximate surface area is 88.3 Å². The summed E-state index contributed by atoms with van der Waals surface area (Å²) in [6, 6.07) is 2.15. The van der Waals surface area contributed by atoms with Crippen molar-refractivity contribution in [2.45, 2.75) is 25.4 Å². The fourth-order valence-corrected chi connectivity index (χ4v) is 1.63. The highest BCUT2D eigenvalue weighted by molar-refractivity contribution is 5.78. The molecule has 2 N–H and O–H groups in total. The van der Waals surface area contributed by atoms with Crippen molar-refractivity contribution in [3.63, 3.8) is 0 Å². The van der Waals surface area contributed by atoms with Gasteiger partial charge in [-0.05, 0) is 12.5 Å². The first-order chi connectivity index (χ1) is 7.34. The van der Waals surface area contributed by atoms with E-state index in [4.69, 9.17) is 0 Å². The molecule has 1 aliphatic rings. The number of carbonyl (C=O) groups excluding carboxylic acids is 1. The fraction of sp³-hybridized carbons (Fsp3) is 0.500. The molecule has 1 amide bonds. The minimum atomic E-state index is 0.156. The summed E-state index contributed by atoms with van der Waals surface area (Å²) in [7, 11) is 0. The lowest BCUT2D eigenvalue weighted by Crippen LogP contribution is -2.35. The van der Waals surface area contributed by atoms with Gasteiger partial charge in [0.15, 0.2) is 0 Å². The van der Waals surface area contributed by atoms with Crippen LogP contribution in [0.4, 0.5) is 0 Å². The Morgan fingerprint density at radius 3 is 3.20 bits per heavy atom. The summed E-state index contributed by atoms with van der Waals surface area (Å²) in [6.07, 6.45) is 4.84. The smallest absolute Gasteiger partial charge is 0.220 e. The van der Waals surface area contributed by atoms with Crippen molar-refractivity contribution in [1.29, 1.82) is 0 Å². The number of aromatic nitrogens is 2. The monoisotopic (exact) mass is 206 g/mol. The molecule has 0 saturated carbocycles. The molecule has 0 bridgehead atoms. The third-order valence-electron chi connectivity index (χ3n) is 2.43. The van der Waals surface area contributed by atoms with Crippen LogP contribution in [0, 0.1) is 0 Å². The summed E-state index contributed by atoms with van der Waals surface area (Å²) < 4.78 is 0. The molecular formula is C10H14N4O. The number of rotatable bonds is 4. The second-order valence-corrected chi connectivity index (χ2v) is 3.63. The van der Waals surface area contributed by atoms with E-state index in [1.54, 1.807) is 6.20 Å². The maximum atomic E-state index is 10.9. The number of nitrogens with zero attached hydrogens (tertiary/aromatic N) is 2. The van der Waals surface area contributed by atoms with Crippen LogP contribution in [0.1, 0.15) is 18.5 Å². The highest BCUT2D eigenvalue weighted by Gasteiger charge is 2.19. The Kier molecular flexibility index (Phi) is 3.24. The highest BCUT2D eigenvalue weighted by atomic mass is 16.1. The van der Waals surface area contributed by atoms with Gasteiger partial charge >= 0.3 is 0 Å². The Bertz CT molecular complexity index is 327. The Hall–Kier alpha value is -1.49.